The first-order valence-corrected chi connectivity index (χ1v) is 10.8. The van der Waals surface area contributed by atoms with E-state index in [9.17, 15) is 9.18 Å². The number of aromatic nitrogens is 2. The second-order valence-corrected chi connectivity index (χ2v) is 7.55. The summed E-state index contributed by atoms with van der Waals surface area (Å²) in [4.78, 5) is 14.4. The van der Waals surface area contributed by atoms with Gasteiger partial charge in [0.1, 0.15) is 11.6 Å². The minimum absolute atomic E-state index is 0.0279. The molecule has 0 aliphatic carbocycles. The molecule has 6 nitrogen and oxygen atoms in total. The largest absolute Gasteiger partial charge is 0.439 e. The zero-order chi connectivity index (χ0) is 23.1. The van der Waals surface area contributed by atoms with Gasteiger partial charge < -0.3 is 14.4 Å². The smallest absolute Gasteiger partial charge is 0.227 e. The molecular weight excluding hydrogens is 409 g/mol. The summed E-state index contributed by atoms with van der Waals surface area (Å²) >= 11 is 0. The Morgan fingerprint density at radius 1 is 1.16 bits per heavy atom. The Kier molecular flexibility index (Phi) is 8.00. The van der Waals surface area contributed by atoms with E-state index in [4.69, 9.17) is 14.6 Å². The Hall–Kier alpha value is -3.19. The molecule has 0 saturated carbocycles. The van der Waals surface area contributed by atoms with E-state index in [1.807, 2.05) is 45.0 Å². The van der Waals surface area contributed by atoms with Crippen LogP contribution in [-0.4, -0.2) is 40.8 Å². The van der Waals surface area contributed by atoms with Crippen molar-refractivity contribution >= 4 is 5.91 Å². The van der Waals surface area contributed by atoms with Gasteiger partial charge in [-0.2, -0.15) is 5.10 Å². The van der Waals surface area contributed by atoms with Crippen molar-refractivity contribution in [3.63, 3.8) is 0 Å². The van der Waals surface area contributed by atoms with Crippen LogP contribution in [0.5, 0.6) is 11.6 Å². The van der Waals surface area contributed by atoms with Crippen LogP contribution in [0.4, 0.5) is 4.39 Å². The summed E-state index contributed by atoms with van der Waals surface area (Å²) in [6.07, 6.45) is 1.05. The molecule has 0 N–H and O–H groups in total. The van der Waals surface area contributed by atoms with Gasteiger partial charge in [0.25, 0.3) is 0 Å². The van der Waals surface area contributed by atoms with Crippen LogP contribution in [0.25, 0.3) is 5.69 Å². The first kappa shape index (κ1) is 23.5. The third-order valence-electron chi connectivity index (χ3n) is 5.20. The fourth-order valence-electron chi connectivity index (χ4n) is 3.48. The molecule has 32 heavy (non-hydrogen) atoms. The molecule has 3 rings (SSSR count). The van der Waals surface area contributed by atoms with Gasteiger partial charge in [0, 0.05) is 20.1 Å². The van der Waals surface area contributed by atoms with E-state index in [1.165, 1.54) is 12.1 Å². The highest BCUT2D eigenvalue weighted by molar-refractivity contribution is 5.76. The van der Waals surface area contributed by atoms with E-state index in [0.29, 0.717) is 49.9 Å². The highest BCUT2D eigenvalue weighted by atomic mass is 19.1. The number of carbonyl (C=O) groups excluding carboxylic acids is 1. The molecular formula is C25H30FN3O3. The van der Waals surface area contributed by atoms with E-state index >= 15 is 0 Å². The predicted molar refractivity (Wildman–Crippen MR) is 122 cm³/mol. The van der Waals surface area contributed by atoms with Gasteiger partial charge in [0.05, 0.1) is 30.1 Å². The summed E-state index contributed by atoms with van der Waals surface area (Å²) in [5.74, 6) is 0.894. The zero-order valence-electron chi connectivity index (χ0n) is 19.1. The fourth-order valence-corrected chi connectivity index (χ4v) is 3.48. The molecule has 1 heterocycles. The Labute approximate surface area is 188 Å². The summed E-state index contributed by atoms with van der Waals surface area (Å²) < 4.78 is 26.8. The lowest BCUT2D eigenvalue weighted by molar-refractivity contribution is -0.132. The Morgan fingerprint density at radius 2 is 1.91 bits per heavy atom. The van der Waals surface area contributed by atoms with Crippen LogP contribution >= 0.6 is 0 Å². The molecule has 0 atom stereocenters. The van der Waals surface area contributed by atoms with Crippen LogP contribution in [-0.2, 0) is 22.5 Å². The summed E-state index contributed by atoms with van der Waals surface area (Å²) in [5.41, 5.74) is 3.40. The van der Waals surface area contributed by atoms with Crippen LogP contribution in [0, 0.1) is 12.7 Å². The van der Waals surface area contributed by atoms with Gasteiger partial charge in [-0.25, -0.2) is 9.07 Å². The average Bonchev–Trinajstić information content (AvgIpc) is 3.13. The molecule has 3 aromatic rings. The number of halogens is 1. The first-order valence-electron chi connectivity index (χ1n) is 10.8. The molecule has 0 aliphatic rings. The lowest BCUT2D eigenvalue weighted by Crippen LogP contribution is -2.33. The second kappa shape index (κ2) is 10.9. The van der Waals surface area contributed by atoms with Crippen molar-refractivity contribution in [1.29, 1.82) is 0 Å². The summed E-state index contributed by atoms with van der Waals surface area (Å²) in [7, 11) is 1.62. The fraction of sp³-hybridized carbons (Fsp3) is 0.360. The third kappa shape index (κ3) is 5.53. The zero-order valence-corrected chi connectivity index (χ0v) is 19.1. The monoisotopic (exact) mass is 439 g/mol. The number of rotatable bonds is 10. The Balaban J connectivity index is 2.10. The highest BCUT2D eigenvalue weighted by Crippen LogP contribution is 2.32. The van der Waals surface area contributed by atoms with Gasteiger partial charge in [-0.1, -0.05) is 26.0 Å². The van der Waals surface area contributed by atoms with E-state index in [2.05, 4.69) is 0 Å². The molecule has 0 spiro atoms. The lowest BCUT2D eigenvalue weighted by Gasteiger charge is -2.22. The number of nitrogens with zero attached hydrogens (tertiary/aromatic N) is 3. The molecule has 0 radical (unpaired) electrons. The van der Waals surface area contributed by atoms with Crippen molar-refractivity contribution in [3.05, 3.63) is 71.2 Å². The van der Waals surface area contributed by atoms with Crippen molar-refractivity contribution in [2.24, 2.45) is 0 Å². The molecule has 1 amide bonds. The van der Waals surface area contributed by atoms with Crippen LogP contribution < -0.4 is 4.74 Å². The Morgan fingerprint density at radius 3 is 2.53 bits per heavy atom. The predicted octanol–water partition coefficient (Wildman–Crippen LogP) is 5.06. The van der Waals surface area contributed by atoms with Crippen LogP contribution in [0.3, 0.4) is 0 Å². The molecule has 0 aliphatic heterocycles. The normalized spacial score (nSPS) is 10.9. The maximum absolute atomic E-state index is 13.5. The van der Waals surface area contributed by atoms with E-state index in [-0.39, 0.29) is 11.7 Å². The van der Waals surface area contributed by atoms with Crippen LogP contribution in [0.2, 0.25) is 0 Å². The van der Waals surface area contributed by atoms with E-state index < -0.39 is 0 Å². The number of methoxy groups -OCH3 is 1. The van der Waals surface area contributed by atoms with Crippen molar-refractivity contribution in [2.45, 2.75) is 40.2 Å². The number of carbonyl (C=O) groups is 1. The molecule has 1 aromatic heterocycles. The minimum atomic E-state index is -0.322. The summed E-state index contributed by atoms with van der Waals surface area (Å²) in [5, 5.41) is 4.77. The van der Waals surface area contributed by atoms with Crippen LogP contribution in [0.15, 0.2) is 48.5 Å². The molecule has 0 fully saturated rings. The van der Waals surface area contributed by atoms with Gasteiger partial charge >= 0.3 is 0 Å². The molecule has 0 saturated heterocycles. The summed E-state index contributed by atoms with van der Waals surface area (Å²) in [6.45, 7) is 7.11. The summed E-state index contributed by atoms with van der Waals surface area (Å²) in [6, 6.07) is 13.9. The maximum atomic E-state index is 13.5. The number of amides is 1. The molecule has 2 aromatic carbocycles. The quantitative estimate of drug-likeness (QED) is 0.443. The van der Waals surface area contributed by atoms with Crippen molar-refractivity contribution in [1.82, 2.24) is 14.7 Å². The van der Waals surface area contributed by atoms with Crippen LogP contribution in [0.1, 0.15) is 37.1 Å². The van der Waals surface area contributed by atoms with Gasteiger partial charge in [-0.3, -0.25) is 4.79 Å². The number of aryl methyl sites for hydroxylation is 2. The van der Waals surface area contributed by atoms with Gasteiger partial charge in [0.2, 0.25) is 11.8 Å². The van der Waals surface area contributed by atoms with Crippen molar-refractivity contribution in [3.8, 4) is 17.3 Å². The molecule has 170 valence electrons. The minimum Gasteiger partial charge on any atom is -0.439 e. The lowest BCUT2D eigenvalue weighted by atomic mass is 10.1. The van der Waals surface area contributed by atoms with E-state index in [1.54, 1.807) is 28.8 Å². The number of ether oxygens (including phenoxy) is 2. The van der Waals surface area contributed by atoms with E-state index in [0.717, 1.165) is 16.8 Å². The van der Waals surface area contributed by atoms with Gasteiger partial charge in [-0.15, -0.1) is 0 Å². The van der Waals surface area contributed by atoms with Gasteiger partial charge in [-0.05, 0) is 55.3 Å². The second-order valence-electron chi connectivity index (χ2n) is 7.55. The van der Waals surface area contributed by atoms with Crippen molar-refractivity contribution in [2.75, 3.05) is 20.3 Å². The molecule has 0 unspecified atom stereocenters. The number of hydrogen-bond acceptors (Lipinski definition) is 4. The Bertz CT molecular complexity index is 1050. The SMILES string of the molecule is CCC(=O)N(CCOC)Cc1c(CC)nn(-c2ccc(F)cc2)c1Oc1cccc(C)c1. The van der Waals surface area contributed by atoms with Gasteiger partial charge in [0.15, 0.2) is 0 Å². The third-order valence-corrected chi connectivity index (χ3v) is 5.20. The maximum Gasteiger partial charge on any atom is 0.227 e. The van der Waals surface area contributed by atoms with Crippen molar-refractivity contribution < 1.29 is 18.7 Å². The molecule has 0 bridgehead atoms. The number of benzene rings is 2. The highest BCUT2D eigenvalue weighted by Gasteiger charge is 2.24. The first-order chi connectivity index (χ1) is 15.5. The number of hydrogen-bond donors (Lipinski definition) is 0. The molecule has 7 heteroatoms. The standard InChI is InChI=1S/C25H30FN3O3/c1-5-23-22(17-28(14-15-31-4)24(30)6-2)25(32-21-9-7-8-18(3)16-21)29(27-23)20-12-10-19(26)11-13-20/h7-13,16H,5-6,14-15,17H2,1-4H3. The topological polar surface area (TPSA) is 56.6 Å². The average molecular weight is 440 g/mol.